The minimum atomic E-state index is 1.03. The maximum Gasteiger partial charge on any atom is 0.0625 e. The van der Waals surface area contributed by atoms with E-state index in [1.165, 1.54) is 71.9 Å². The van der Waals surface area contributed by atoms with E-state index in [-0.39, 0.29) is 0 Å². The molecular formula is C61H48N2. The van der Waals surface area contributed by atoms with Gasteiger partial charge >= 0.3 is 0 Å². The number of fused-ring (bicyclic) bond motifs is 3. The summed E-state index contributed by atoms with van der Waals surface area (Å²) in [6.45, 7) is 6.32. The molecule has 1 aromatic heterocycles. The fourth-order valence-corrected chi connectivity index (χ4v) is 8.99. The Balaban J connectivity index is 1.11. The van der Waals surface area contributed by atoms with Crippen LogP contribution in [0.3, 0.4) is 0 Å². The van der Waals surface area contributed by atoms with Gasteiger partial charge < -0.3 is 9.47 Å². The lowest BCUT2D eigenvalue weighted by molar-refractivity contribution is 0.960. The van der Waals surface area contributed by atoms with E-state index < -0.39 is 0 Å². The molecule has 0 aliphatic carbocycles. The summed E-state index contributed by atoms with van der Waals surface area (Å²) in [5, 5.41) is 2.47. The lowest BCUT2D eigenvalue weighted by atomic mass is 9.93. The fourth-order valence-electron chi connectivity index (χ4n) is 8.99. The largest absolute Gasteiger partial charge is 0.311 e. The van der Waals surface area contributed by atoms with Gasteiger partial charge in [-0.05, 0) is 117 Å². The number of anilines is 3. The van der Waals surface area contributed by atoms with Crippen LogP contribution in [-0.4, -0.2) is 4.57 Å². The van der Waals surface area contributed by atoms with Crippen LogP contribution in [0.2, 0.25) is 0 Å². The molecule has 0 saturated heterocycles. The van der Waals surface area contributed by atoms with Gasteiger partial charge in [-0.1, -0.05) is 196 Å². The molecule has 0 fully saturated rings. The molecule has 2 heteroatoms. The van der Waals surface area contributed by atoms with Crippen LogP contribution in [-0.2, 0) is 0 Å². The van der Waals surface area contributed by atoms with Crippen LogP contribution < -0.4 is 4.90 Å². The third kappa shape index (κ3) is 7.69. The maximum absolute atomic E-state index is 4.11. The first-order chi connectivity index (χ1) is 31.2. The first kappa shape index (κ1) is 39.2. The minimum Gasteiger partial charge on any atom is -0.311 e. The minimum absolute atomic E-state index is 1.03. The van der Waals surface area contributed by atoms with Gasteiger partial charge in [0.25, 0.3) is 0 Å². The summed E-state index contributed by atoms with van der Waals surface area (Å²) in [6, 6.07) is 81.3. The number of rotatable bonds is 12. The molecule has 10 rings (SSSR count). The number of hydrogen-bond donors (Lipinski definition) is 0. The van der Waals surface area contributed by atoms with Gasteiger partial charge in [-0.2, -0.15) is 0 Å². The van der Waals surface area contributed by atoms with E-state index in [1.54, 1.807) is 0 Å². The number of aromatic nitrogens is 1. The highest BCUT2D eigenvalue weighted by Crippen LogP contribution is 2.45. The Morgan fingerprint density at radius 3 is 1.49 bits per heavy atom. The predicted molar refractivity (Wildman–Crippen MR) is 270 cm³/mol. The van der Waals surface area contributed by atoms with Crippen molar-refractivity contribution in [1.82, 2.24) is 4.57 Å². The summed E-state index contributed by atoms with van der Waals surface area (Å²) in [7, 11) is 0. The highest BCUT2D eigenvalue weighted by atomic mass is 15.1. The molecule has 0 radical (unpaired) electrons. The van der Waals surface area contributed by atoms with Crippen LogP contribution in [0.4, 0.5) is 17.1 Å². The molecule has 0 unspecified atom stereocenters. The number of allylic oxidation sites excluding steroid dienone is 3. The highest BCUT2D eigenvalue weighted by Gasteiger charge is 2.21. The summed E-state index contributed by atoms with van der Waals surface area (Å²) in [5.74, 6) is 0. The van der Waals surface area contributed by atoms with Crippen LogP contribution in [0.5, 0.6) is 0 Å². The molecule has 1 heterocycles. The average Bonchev–Trinajstić information content (AvgIpc) is 3.71. The zero-order valence-electron chi connectivity index (χ0n) is 35.5. The molecule has 0 spiro atoms. The average molecular weight is 809 g/mol. The summed E-state index contributed by atoms with van der Waals surface area (Å²) < 4.78 is 2.45. The Labute approximate surface area is 371 Å². The molecular weight excluding hydrogens is 761 g/mol. The Morgan fingerprint density at radius 2 is 0.937 bits per heavy atom. The van der Waals surface area contributed by atoms with E-state index in [0.717, 1.165) is 41.2 Å². The number of unbranched alkanes of at least 4 members (excludes halogenated alkanes) is 1. The number of nitrogens with zero attached hydrogens (tertiary/aromatic N) is 2. The van der Waals surface area contributed by atoms with Crippen LogP contribution in [0.15, 0.2) is 243 Å². The van der Waals surface area contributed by atoms with E-state index in [9.17, 15) is 0 Å². The standard InChI is InChI=1S/C61H48N2/c1-3-5-18-44(4-2)46-27-34-53(35-28-46)62(54-36-29-47(30-37-54)45-19-10-6-11-20-45)55-38-31-48(32-39-55)51-33-42-59-58(43-51)60-56(49-21-12-7-13-22-49)40-41-57(50-23-14-8-15-24-50)61(60)63(59)52-25-16-9-17-26-52/h4,6-43H,2-3,5H2,1H3/b44-18+. The second-order valence-corrected chi connectivity index (χ2v) is 16.0. The van der Waals surface area contributed by atoms with E-state index in [4.69, 9.17) is 0 Å². The van der Waals surface area contributed by atoms with Gasteiger partial charge in [0.15, 0.2) is 0 Å². The predicted octanol–water partition coefficient (Wildman–Crippen LogP) is 17.3. The third-order valence-corrected chi connectivity index (χ3v) is 12.1. The first-order valence-electron chi connectivity index (χ1n) is 21.9. The number of para-hydroxylation sites is 1. The third-order valence-electron chi connectivity index (χ3n) is 12.1. The van der Waals surface area contributed by atoms with Gasteiger partial charge in [0.1, 0.15) is 0 Å². The highest BCUT2D eigenvalue weighted by molar-refractivity contribution is 6.20. The van der Waals surface area contributed by atoms with Crippen molar-refractivity contribution in [3.8, 4) is 50.2 Å². The van der Waals surface area contributed by atoms with Crippen molar-refractivity contribution in [3.05, 3.63) is 249 Å². The summed E-state index contributed by atoms with van der Waals surface area (Å²) in [5.41, 5.74) is 18.7. The zero-order chi connectivity index (χ0) is 42.5. The van der Waals surface area contributed by atoms with E-state index in [2.05, 4.69) is 254 Å². The second kappa shape index (κ2) is 17.6. The zero-order valence-corrected chi connectivity index (χ0v) is 35.5. The van der Waals surface area contributed by atoms with Gasteiger partial charge in [-0.3, -0.25) is 0 Å². The Bertz CT molecular complexity index is 3180. The monoisotopic (exact) mass is 808 g/mol. The van der Waals surface area contributed by atoms with Crippen molar-refractivity contribution in [3.63, 3.8) is 0 Å². The lowest BCUT2D eigenvalue weighted by Gasteiger charge is -2.26. The fraction of sp³-hybridized carbons (Fsp3) is 0.0492. The molecule has 9 aromatic carbocycles. The molecule has 2 nitrogen and oxygen atoms in total. The molecule has 0 aliphatic rings. The van der Waals surface area contributed by atoms with Crippen LogP contribution in [0.25, 0.3) is 77.6 Å². The Hall–Kier alpha value is -7.94. The SMILES string of the molecule is C=C/C(=C\CCC)c1ccc(N(c2ccc(-c3ccccc3)cc2)c2ccc(-c3ccc4c(c3)c3c(-c5ccccc5)ccc(-c5ccccc5)c3n4-c3ccccc3)cc2)cc1. The Kier molecular flexibility index (Phi) is 10.9. The summed E-state index contributed by atoms with van der Waals surface area (Å²) in [6.07, 6.45) is 6.38. The van der Waals surface area contributed by atoms with Crippen LogP contribution in [0.1, 0.15) is 25.3 Å². The molecule has 0 saturated carbocycles. The van der Waals surface area contributed by atoms with E-state index >= 15 is 0 Å². The van der Waals surface area contributed by atoms with E-state index in [0.29, 0.717) is 0 Å². The number of hydrogen-bond acceptors (Lipinski definition) is 1. The molecule has 0 atom stereocenters. The van der Waals surface area contributed by atoms with Crippen molar-refractivity contribution in [2.45, 2.75) is 19.8 Å². The Morgan fingerprint density at radius 1 is 0.476 bits per heavy atom. The molecule has 0 aliphatic heterocycles. The van der Waals surface area contributed by atoms with Gasteiger partial charge in [-0.15, -0.1) is 0 Å². The van der Waals surface area contributed by atoms with Gasteiger partial charge in [0.2, 0.25) is 0 Å². The molecule has 0 amide bonds. The molecule has 302 valence electrons. The lowest BCUT2D eigenvalue weighted by Crippen LogP contribution is -2.09. The molecule has 10 aromatic rings. The van der Waals surface area contributed by atoms with Crippen molar-refractivity contribution >= 4 is 44.4 Å². The van der Waals surface area contributed by atoms with Crippen molar-refractivity contribution in [1.29, 1.82) is 0 Å². The molecule has 0 bridgehead atoms. The van der Waals surface area contributed by atoms with Crippen LogP contribution >= 0.6 is 0 Å². The van der Waals surface area contributed by atoms with Crippen molar-refractivity contribution < 1.29 is 0 Å². The van der Waals surface area contributed by atoms with Crippen LogP contribution in [0, 0.1) is 0 Å². The van der Waals surface area contributed by atoms with Crippen molar-refractivity contribution in [2.75, 3.05) is 4.90 Å². The smallest absolute Gasteiger partial charge is 0.0625 e. The summed E-state index contributed by atoms with van der Waals surface area (Å²) in [4.78, 5) is 2.35. The van der Waals surface area contributed by atoms with Gasteiger partial charge in [-0.25, -0.2) is 0 Å². The molecule has 0 N–H and O–H groups in total. The number of benzene rings is 9. The summed E-state index contributed by atoms with van der Waals surface area (Å²) >= 11 is 0. The van der Waals surface area contributed by atoms with Gasteiger partial charge in [0.05, 0.1) is 11.0 Å². The first-order valence-corrected chi connectivity index (χ1v) is 21.9. The normalized spacial score (nSPS) is 11.5. The van der Waals surface area contributed by atoms with E-state index in [1.807, 2.05) is 6.08 Å². The topological polar surface area (TPSA) is 8.17 Å². The van der Waals surface area contributed by atoms with Gasteiger partial charge in [0, 0.05) is 39.1 Å². The quantitative estimate of drug-likeness (QED) is 0.112. The second-order valence-electron chi connectivity index (χ2n) is 16.0. The maximum atomic E-state index is 4.11. The van der Waals surface area contributed by atoms with Crippen molar-refractivity contribution in [2.24, 2.45) is 0 Å². The molecule has 63 heavy (non-hydrogen) atoms.